The Bertz CT molecular complexity index is 685. The highest BCUT2D eigenvalue weighted by molar-refractivity contribution is 7.80. The molecule has 2 aromatic rings. The number of hydrogen-bond acceptors (Lipinski definition) is 3. The predicted octanol–water partition coefficient (Wildman–Crippen LogP) is 3.39. The average Bonchev–Trinajstić information content (AvgIpc) is 2.55. The van der Waals surface area contributed by atoms with Gasteiger partial charge in [0.2, 0.25) is 0 Å². The highest BCUT2D eigenvalue weighted by atomic mass is 32.1. The first-order valence-corrected chi connectivity index (χ1v) is 7.94. The molecule has 0 radical (unpaired) electrons. The standard InChI is InChI=1S/C18H21N3OS/c1-3-19-18(23)21-20-12-15-9-6-7-11-17(15)22-13-16-10-5-4-8-14(16)2/h4-12H,3,13H2,1-2H3,(H2,19,21,23)/b20-12+. The Labute approximate surface area is 142 Å². The van der Waals surface area contributed by atoms with Crippen molar-refractivity contribution in [3.8, 4) is 5.75 Å². The van der Waals surface area contributed by atoms with Crippen LogP contribution < -0.4 is 15.5 Å². The molecular formula is C18H21N3OS. The summed E-state index contributed by atoms with van der Waals surface area (Å²) in [5, 5.41) is 7.61. The van der Waals surface area contributed by atoms with Gasteiger partial charge in [0.05, 0.1) is 6.21 Å². The fourth-order valence-electron chi connectivity index (χ4n) is 2.01. The van der Waals surface area contributed by atoms with Crippen LogP contribution in [0, 0.1) is 6.92 Å². The van der Waals surface area contributed by atoms with Crippen molar-refractivity contribution in [2.24, 2.45) is 5.10 Å². The van der Waals surface area contributed by atoms with Crippen LogP contribution in [0.15, 0.2) is 53.6 Å². The van der Waals surface area contributed by atoms with Crippen LogP contribution in [0.1, 0.15) is 23.6 Å². The maximum atomic E-state index is 5.94. The molecule has 0 aromatic heterocycles. The first-order chi connectivity index (χ1) is 11.2. The van der Waals surface area contributed by atoms with E-state index < -0.39 is 0 Å². The molecule has 23 heavy (non-hydrogen) atoms. The van der Waals surface area contributed by atoms with E-state index in [4.69, 9.17) is 17.0 Å². The first kappa shape index (κ1) is 17.0. The van der Waals surface area contributed by atoms with Crippen molar-refractivity contribution in [2.45, 2.75) is 20.5 Å². The van der Waals surface area contributed by atoms with Gasteiger partial charge in [0, 0.05) is 12.1 Å². The Hall–Kier alpha value is -2.40. The van der Waals surface area contributed by atoms with Crippen molar-refractivity contribution in [2.75, 3.05) is 6.54 Å². The van der Waals surface area contributed by atoms with E-state index in [0.717, 1.165) is 17.9 Å². The fraction of sp³-hybridized carbons (Fsp3) is 0.222. The lowest BCUT2D eigenvalue weighted by Gasteiger charge is -2.10. The minimum Gasteiger partial charge on any atom is -0.488 e. The largest absolute Gasteiger partial charge is 0.488 e. The lowest BCUT2D eigenvalue weighted by molar-refractivity contribution is 0.305. The number of ether oxygens (including phenoxy) is 1. The minimum absolute atomic E-state index is 0.502. The van der Waals surface area contributed by atoms with E-state index in [1.165, 1.54) is 11.1 Å². The van der Waals surface area contributed by atoms with Gasteiger partial charge in [0.15, 0.2) is 5.11 Å². The molecule has 0 aliphatic rings. The second kappa shape index (κ2) is 8.90. The third kappa shape index (κ3) is 5.38. The molecule has 0 aliphatic heterocycles. The highest BCUT2D eigenvalue weighted by Crippen LogP contribution is 2.18. The molecular weight excluding hydrogens is 306 g/mol. The second-order valence-electron chi connectivity index (χ2n) is 4.98. The van der Waals surface area contributed by atoms with Crippen molar-refractivity contribution in [3.63, 3.8) is 0 Å². The lowest BCUT2D eigenvalue weighted by atomic mass is 10.1. The minimum atomic E-state index is 0.502. The Balaban J connectivity index is 2.01. The van der Waals surface area contributed by atoms with E-state index in [1.54, 1.807) is 6.21 Å². The number of rotatable bonds is 6. The summed E-state index contributed by atoms with van der Waals surface area (Å²) < 4.78 is 5.94. The van der Waals surface area contributed by atoms with Crippen LogP contribution in [-0.2, 0) is 6.61 Å². The Morgan fingerprint density at radius 3 is 2.70 bits per heavy atom. The monoisotopic (exact) mass is 327 g/mol. The SMILES string of the molecule is CCNC(=S)N/N=C/c1ccccc1OCc1ccccc1C. The van der Waals surface area contributed by atoms with E-state index in [0.29, 0.717) is 11.7 Å². The van der Waals surface area contributed by atoms with Crippen LogP contribution in [-0.4, -0.2) is 17.9 Å². The molecule has 0 saturated carbocycles. The van der Waals surface area contributed by atoms with Gasteiger partial charge in [0.25, 0.3) is 0 Å². The molecule has 2 N–H and O–H groups in total. The third-order valence-corrected chi connectivity index (χ3v) is 3.51. The van der Waals surface area contributed by atoms with Gasteiger partial charge in [-0.25, -0.2) is 0 Å². The van der Waals surface area contributed by atoms with Crippen molar-refractivity contribution < 1.29 is 4.74 Å². The second-order valence-corrected chi connectivity index (χ2v) is 5.39. The zero-order valence-electron chi connectivity index (χ0n) is 13.4. The van der Waals surface area contributed by atoms with E-state index >= 15 is 0 Å². The first-order valence-electron chi connectivity index (χ1n) is 7.54. The van der Waals surface area contributed by atoms with Gasteiger partial charge in [-0.1, -0.05) is 36.4 Å². The molecule has 0 unspecified atom stereocenters. The summed E-state index contributed by atoms with van der Waals surface area (Å²) >= 11 is 5.06. The molecule has 0 atom stereocenters. The van der Waals surface area contributed by atoms with E-state index in [1.807, 2.05) is 43.3 Å². The molecule has 5 heteroatoms. The maximum absolute atomic E-state index is 5.94. The smallest absolute Gasteiger partial charge is 0.186 e. The molecule has 2 rings (SSSR count). The molecule has 0 bridgehead atoms. The van der Waals surface area contributed by atoms with E-state index in [-0.39, 0.29) is 0 Å². The third-order valence-electron chi connectivity index (χ3n) is 3.27. The number of para-hydroxylation sites is 1. The van der Waals surface area contributed by atoms with Crippen molar-refractivity contribution in [1.29, 1.82) is 0 Å². The average molecular weight is 327 g/mol. The summed E-state index contributed by atoms with van der Waals surface area (Å²) in [6.45, 7) is 5.35. The Kier molecular flexibility index (Phi) is 6.56. The Morgan fingerprint density at radius 1 is 1.17 bits per heavy atom. The summed E-state index contributed by atoms with van der Waals surface area (Å²) in [6.07, 6.45) is 1.71. The van der Waals surface area contributed by atoms with Gasteiger partial charge in [0.1, 0.15) is 12.4 Å². The summed E-state index contributed by atoms with van der Waals surface area (Å²) in [5.41, 5.74) is 6.06. The normalized spacial score (nSPS) is 10.5. The molecule has 0 aliphatic carbocycles. The van der Waals surface area contributed by atoms with Crippen LogP contribution in [0.4, 0.5) is 0 Å². The molecule has 0 heterocycles. The van der Waals surface area contributed by atoms with Crippen molar-refractivity contribution >= 4 is 23.5 Å². The lowest BCUT2D eigenvalue weighted by Crippen LogP contribution is -2.31. The van der Waals surface area contributed by atoms with Crippen LogP contribution >= 0.6 is 12.2 Å². The van der Waals surface area contributed by atoms with Gasteiger partial charge in [-0.05, 0) is 49.3 Å². The fourth-order valence-corrected chi connectivity index (χ4v) is 2.20. The number of hydrazone groups is 1. The van der Waals surface area contributed by atoms with E-state index in [2.05, 4.69) is 34.9 Å². The van der Waals surface area contributed by atoms with Gasteiger partial charge in [-0.3, -0.25) is 5.43 Å². The number of thiocarbonyl (C=S) groups is 1. The molecule has 0 saturated heterocycles. The number of benzene rings is 2. The Morgan fingerprint density at radius 2 is 1.91 bits per heavy atom. The highest BCUT2D eigenvalue weighted by Gasteiger charge is 2.03. The zero-order valence-corrected chi connectivity index (χ0v) is 14.2. The van der Waals surface area contributed by atoms with Crippen LogP contribution in [0.3, 0.4) is 0 Å². The topological polar surface area (TPSA) is 45.7 Å². The number of hydrogen-bond donors (Lipinski definition) is 2. The quantitative estimate of drug-likeness (QED) is 0.485. The number of aryl methyl sites for hydroxylation is 1. The summed E-state index contributed by atoms with van der Waals surface area (Å²) in [5.74, 6) is 0.788. The van der Waals surface area contributed by atoms with Crippen molar-refractivity contribution in [1.82, 2.24) is 10.7 Å². The number of nitrogens with zero attached hydrogens (tertiary/aromatic N) is 1. The van der Waals surface area contributed by atoms with Crippen LogP contribution in [0.25, 0.3) is 0 Å². The summed E-state index contributed by atoms with van der Waals surface area (Å²) in [4.78, 5) is 0. The van der Waals surface area contributed by atoms with E-state index in [9.17, 15) is 0 Å². The van der Waals surface area contributed by atoms with Gasteiger partial charge >= 0.3 is 0 Å². The number of nitrogens with one attached hydrogen (secondary N) is 2. The summed E-state index contributed by atoms with van der Waals surface area (Å²) in [7, 11) is 0. The summed E-state index contributed by atoms with van der Waals surface area (Å²) in [6, 6.07) is 16.0. The molecule has 120 valence electrons. The van der Waals surface area contributed by atoms with Crippen molar-refractivity contribution in [3.05, 3.63) is 65.2 Å². The maximum Gasteiger partial charge on any atom is 0.186 e. The van der Waals surface area contributed by atoms with Crippen LogP contribution in [0.2, 0.25) is 0 Å². The molecule has 0 fully saturated rings. The zero-order chi connectivity index (χ0) is 16.5. The van der Waals surface area contributed by atoms with Gasteiger partial charge in [-0.15, -0.1) is 0 Å². The predicted molar refractivity (Wildman–Crippen MR) is 99.0 cm³/mol. The molecule has 4 nitrogen and oxygen atoms in total. The van der Waals surface area contributed by atoms with Crippen LogP contribution in [0.5, 0.6) is 5.75 Å². The molecule has 0 spiro atoms. The van der Waals surface area contributed by atoms with Gasteiger partial charge < -0.3 is 10.1 Å². The molecule has 0 amide bonds. The van der Waals surface area contributed by atoms with Gasteiger partial charge in [-0.2, -0.15) is 5.10 Å². The molecule has 2 aromatic carbocycles.